The van der Waals surface area contributed by atoms with Gasteiger partial charge in [0.2, 0.25) is 5.95 Å². The second-order valence-electron chi connectivity index (χ2n) is 5.86. The molecule has 0 saturated carbocycles. The van der Waals surface area contributed by atoms with E-state index < -0.39 is 0 Å². The van der Waals surface area contributed by atoms with Crippen LogP contribution in [0.25, 0.3) is 10.9 Å². The average molecular weight is 271 g/mol. The molecule has 2 aromatic rings. The zero-order valence-electron chi connectivity index (χ0n) is 11.5. The number of nitrogens with two attached hydrogens (primary N) is 1. The Hall–Kier alpha value is -1.95. The number of aromatic nitrogens is 3. The number of aryl methyl sites for hydroxylation is 1. The summed E-state index contributed by atoms with van der Waals surface area (Å²) in [4.78, 5) is 15.4. The summed E-state index contributed by atoms with van der Waals surface area (Å²) in [5, 5.41) is 1.02. The maximum atomic E-state index is 5.78. The van der Waals surface area contributed by atoms with Gasteiger partial charge < -0.3 is 15.4 Å². The molecule has 20 heavy (non-hydrogen) atoms. The van der Waals surface area contributed by atoms with Gasteiger partial charge in [-0.15, -0.1) is 0 Å². The van der Waals surface area contributed by atoms with Crippen LogP contribution in [-0.2, 0) is 4.74 Å². The summed E-state index contributed by atoms with van der Waals surface area (Å²) in [5.74, 6) is 1.22. The van der Waals surface area contributed by atoms with E-state index in [1.807, 2.05) is 19.2 Å². The van der Waals surface area contributed by atoms with Gasteiger partial charge in [-0.05, 0) is 19.4 Å². The van der Waals surface area contributed by atoms with Crippen molar-refractivity contribution in [2.75, 3.05) is 36.9 Å². The first-order valence-corrected chi connectivity index (χ1v) is 6.88. The van der Waals surface area contributed by atoms with Gasteiger partial charge in [-0.3, -0.25) is 0 Å². The zero-order valence-corrected chi connectivity index (χ0v) is 11.5. The van der Waals surface area contributed by atoms with Crippen LogP contribution in [0.5, 0.6) is 0 Å². The quantitative estimate of drug-likeness (QED) is 0.838. The highest BCUT2D eigenvalue weighted by atomic mass is 16.5. The number of nitrogen functional groups attached to an aromatic ring is 1. The number of hydrogen-bond acceptors (Lipinski definition) is 6. The lowest BCUT2D eigenvalue weighted by Gasteiger charge is -2.47. The van der Waals surface area contributed by atoms with Crippen LogP contribution in [0, 0.1) is 12.3 Å². The molecule has 104 valence electrons. The minimum Gasteiger partial charge on any atom is -0.381 e. The van der Waals surface area contributed by atoms with E-state index in [1.165, 1.54) is 0 Å². The maximum Gasteiger partial charge on any atom is 0.220 e. The van der Waals surface area contributed by atoms with Gasteiger partial charge in [-0.25, -0.2) is 15.0 Å². The predicted molar refractivity (Wildman–Crippen MR) is 76.6 cm³/mol. The molecular weight excluding hydrogens is 254 g/mol. The Morgan fingerprint density at radius 2 is 2.20 bits per heavy atom. The minimum atomic E-state index is 0.309. The van der Waals surface area contributed by atoms with Crippen LogP contribution in [0.1, 0.15) is 12.1 Å². The Balaban J connectivity index is 1.74. The molecule has 0 amide bonds. The Morgan fingerprint density at radius 3 is 2.95 bits per heavy atom. The van der Waals surface area contributed by atoms with Crippen LogP contribution in [0.2, 0.25) is 0 Å². The number of fused-ring (bicyclic) bond motifs is 1. The highest BCUT2D eigenvalue weighted by molar-refractivity contribution is 5.91. The molecule has 0 aliphatic carbocycles. The van der Waals surface area contributed by atoms with Crippen molar-refractivity contribution in [1.29, 1.82) is 0 Å². The van der Waals surface area contributed by atoms with Gasteiger partial charge >= 0.3 is 0 Å². The first-order chi connectivity index (χ1) is 9.67. The molecule has 6 heteroatoms. The van der Waals surface area contributed by atoms with Crippen molar-refractivity contribution in [1.82, 2.24) is 15.0 Å². The van der Waals surface area contributed by atoms with Crippen LogP contribution >= 0.6 is 0 Å². The van der Waals surface area contributed by atoms with Crippen molar-refractivity contribution in [2.24, 2.45) is 5.41 Å². The topological polar surface area (TPSA) is 77.2 Å². The molecule has 0 aromatic carbocycles. The van der Waals surface area contributed by atoms with E-state index in [1.54, 1.807) is 0 Å². The number of hydrogen-bond donors (Lipinski definition) is 1. The van der Waals surface area contributed by atoms with E-state index in [-0.39, 0.29) is 0 Å². The first-order valence-electron chi connectivity index (χ1n) is 6.88. The summed E-state index contributed by atoms with van der Waals surface area (Å²) < 4.78 is 5.52. The molecule has 0 bridgehead atoms. The van der Waals surface area contributed by atoms with Gasteiger partial charge in [0.05, 0.1) is 12.3 Å². The molecule has 0 atom stereocenters. The van der Waals surface area contributed by atoms with Gasteiger partial charge in [0.25, 0.3) is 0 Å². The summed E-state index contributed by atoms with van der Waals surface area (Å²) in [6.07, 6.45) is 2.96. The maximum absolute atomic E-state index is 5.78. The molecule has 2 aromatic heterocycles. The molecule has 2 aliphatic rings. The number of ether oxygens (including phenoxy) is 1. The summed E-state index contributed by atoms with van der Waals surface area (Å²) >= 11 is 0. The highest BCUT2D eigenvalue weighted by Crippen LogP contribution is 2.41. The number of nitrogens with zero attached hydrogens (tertiary/aromatic N) is 4. The van der Waals surface area contributed by atoms with Gasteiger partial charge in [-0.1, -0.05) is 0 Å². The summed E-state index contributed by atoms with van der Waals surface area (Å²) in [5.41, 5.74) is 7.86. The average Bonchev–Trinajstić information content (AvgIpc) is 2.86. The number of anilines is 2. The molecule has 2 aliphatic heterocycles. The van der Waals surface area contributed by atoms with E-state index in [0.29, 0.717) is 11.4 Å². The molecule has 0 unspecified atom stereocenters. The first kappa shape index (κ1) is 11.8. The predicted octanol–water partition coefficient (Wildman–Crippen LogP) is 1.14. The number of pyridine rings is 1. The fourth-order valence-electron chi connectivity index (χ4n) is 3.26. The van der Waals surface area contributed by atoms with E-state index in [2.05, 4.69) is 19.9 Å². The monoisotopic (exact) mass is 271 g/mol. The van der Waals surface area contributed by atoms with Crippen molar-refractivity contribution in [3.63, 3.8) is 0 Å². The second-order valence-corrected chi connectivity index (χ2v) is 5.86. The lowest BCUT2D eigenvalue weighted by atomic mass is 9.79. The molecule has 1 spiro atoms. The Bertz CT molecular complexity index is 673. The molecule has 2 saturated heterocycles. The summed E-state index contributed by atoms with van der Waals surface area (Å²) in [6.45, 7) is 5.67. The van der Waals surface area contributed by atoms with E-state index >= 15 is 0 Å². The van der Waals surface area contributed by atoms with E-state index in [0.717, 1.165) is 55.1 Å². The van der Waals surface area contributed by atoms with Crippen molar-refractivity contribution < 1.29 is 4.74 Å². The van der Waals surface area contributed by atoms with Gasteiger partial charge in [0, 0.05) is 36.7 Å². The molecule has 4 heterocycles. The van der Waals surface area contributed by atoms with Crippen molar-refractivity contribution in [3.05, 3.63) is 18.0 Å². The lowest BCUT2D eigenvalue weighted by molar-refractivity contribution is 0.131. The van der Waals surface area contributed by atoms with Crippen molar-refractivity contribution in [3.8, 4) is 0 Å². The fraction of sp³-hybridized carbons (Fsp3) is 0.500. The van der Waals surface area contributed by atoms with Crippen LogP contribution in [-0.4, -0.2) is 41.3 Å². The second kappa shape index (κ2) is 4.02. The van der Waals surface area contributed by atoms with Crippen molar-refractivity contribution in [2.45, 2.75) is 13.3 Å². The Kier molecular flexibility index (Phi) is 2.38. The third-order valence-corrected chi connectivity index (χ3v) is 4.34. The third-order valence-electron chi connectivity index (χ3n) is 4.34. The van der Waals surface area contributed by atoms with E-state index in [4.69, 9.17) is 10.5 Å². The molecule has 0 radical (unpaired) electrons. The molecular formula is C14H17N5O. The van der Waals surface area contributed by atoms with Gasteiger partial charge in [0.15, 0.2) is 5.82 Å². The van der Waals surface area contributed by atoms with Crippen LogP contribution in [0.4, 0.5) is 11.8 Å². The van der Waals surface area contributed by atoms with Crippen LogP contribution < -0.4 is 10.6 Å². The third kappa shape index (κ3) is 1.64. The highest BCUT2D eigenvalue weighted by Gasteiger charge is 2.46. The molecule has 2 N–H and O–H groups in total. The smallest absolute Gasteiger partial charge is 0.220 e. The molecule has 4 rings (SSSR count). The standard InChI is InChI=1S/C14H17N5O/c1-9-10-2-4-16-12(11(10)18-13(15)17-9)19-6-14(7-19)3-5-20-8-14/h2,4H,3,5-8H2,1H3,(H2,15,17,18). The lowest BCUT2D eigenvalue weighted by Crippen LogP contribution is -2.57. The van der Waals surface area contributed by atoms with E-state index in [9.17, 15) is 0 Å². The van der Waals surface area contributed by atoms with Crippen molar-refractivity contribution >= 4 is 22.7 Å². The largest absolute Gasteiger partial charge is 0.381 e. The van der Waals surface area contributed by atoms with Crippen LogP contribution in [0.3, 0.4) is 0 Å². The Morgan fingerprint density at radius 1 is 1.35 bits per heavy atom. The SMILES string of the molecule is Cc1nc(N)nc2c(N3CC4(CCOC4)C3)nccc12. The Labute approximate surface area is 117 Å². The summed E-state index contributed by atoms with van der Waals surface area (Å²) in [7, 11) is 0. The van der Waals surface area contributed by atoms with Gasteiger partial charge in [0.1, 0.15) is 5.52 Å². The normalized spacial score (nSPS) is 20.6. The zero-order chi connectivity index (χ0) is 13.7. The molecule has 6 nitrogen and oxygen atoms in total. The minimum absolute atomic E-state index is 0.309. The fourth-order valence-corrected chi connectivity index (χ4v) is 3.26. The molecule has 2 fully saturated rings. The summed E-state index contributed by atoms with van der Waals surface area (Å²) in [6, 6.07) is 1.95. The van der Waals surface area contributed by atoms with Crippen LogP contribution in [0.15, 0.2) is 12.3 Å². The number of rotatable bonds is 1. The van der Waals surface area contributed by atoms with Gasteiger partial charge in [-0.2, -0.15) is 0 Å².